The Hall–Kier alpha value is -3.10. The van der Waals surface area contributed by atoms with Gasteiger partial charge < -0.3 is 16.2 Å². The molecular formula is C47H80ClIN6O. The summed E-state index contributed by atoms with van der Waals surface area (Å²) in [4.78, 5) is 11.6. The van der Waals surface area contributed by atoms with Crippen LogP contribution in [0.1, 0.15) is 125 Å². The van der Waals surface area contributed by atoms with E-state index in [1.807, 2.05) is 53.1 Å². The standard InChI is InChI=1S/C18H32IN3.C12H16N2.C10H12ClN.2C2H6.C2H4.CH4O/c1-7-9-16(12-21-8-2)18-10-17(13(3)11-19(6)20)14(4)15(5)22-18;1-8-5-9(2)12(13)10(6-8)7-14-11-3-4-11;1-3-4-10(11)9-5-6-12-7-8(9)2;4*1-2/h8,10,13,16,21H,2,7,9,11-12,20H2,1,3-6H3;5-7,11H,3-4,13H2,1-2H3;1,4-6,8-9,12H,7H2,2H3;2*1-2H3;1-2H2;2H,1H3/b;;10-4+;;;;. The molecule has 0 saturated heterocycles. The molecule has 2 aromatic rings. The summed E-state index contributed by atoms with van der Waals surface area (Å²) in [5, 5.41) is 14.2. The number of halogens is 2. The van der Waals surface area contributed by atoms with Crippen molar-refractivity contribution in [3.05, 3.63) is 107 Å². The number of benzene rings is 1. The Kier molecular flexibility index (Phi) is 35.9. The Morgan fingerprint density at radius 3 is 2.27 bits per heavy atom. The molecule has 1 fully saturated rings. The van der Waals surface area contributed by atoms with Crippen LogP contribution in [-0.4, -0.2) is 51.9 Å². The molecule has 1 aliphatic carbocycles. The van der Waals surface area contributed by atoms with Gasteiger partial charge in [-0.05, 0) is 50.4 Å². The van der Waals surface area contributed by atoms with Crippen molar-refractivity contribution < 1.29 is 5.11 Å². The van der Waals surface area contributed by atoms with Crippen molar-refractivity contribution in [2.45, 2.75) is 120 Å². The molecule has 4 atom stereocenters. The van der Waals surface area contributed by atoms with Crippen LogP contribution in [0.2, 0.25) is 0 Å². The maximum absolute atomic E-state index is 7.00. The molecule has 0 radical (unpaired) electrons. The SMILES string of the molecule is C#C/C=C(/Cl)C1C=CNCC1C.C=C.C=CNCC(CCC)c1cc(C(C)CI(C)N)c(C)c(C)n1.CC.CC.CO.Cc1cc(C)c(N)c(C=NC2CC2)c1. The van der Waals surface area contributed by atoms with Crippen molar-refractivity contribution in [1.82, 2.24) is 15.6 Å². The zero-order chi connectivity index (χ0) is 43.8. The summed E-state index contributed by atoms with van der Waals surface area (Å²) in [5.74, 6) is 4.21. The van der Waals surface area contributed by atoms with Gasteiger partial charge in [-0.2, -0.15) is 0 Å². The Morgan fingerprint density at radius 2 is 1.77 bits per heavy atom. The number of aliphatic hydroxyl groups is 1. The van der Waals surface area contributed by atoms with Gasteiger partial charge in [-0.15, -0.1) is 19.6 Å². The largest absolute Gasteiger partial charge is 0.400 e. The number of terminal acetylenes is 1. The molecule has 1 aromatic heterocycles. The molecule has 318 valence electrons. The summed E-state index contributed by atoms with van der Waals surface area (Å²) in [6.45, 7) is 34.7. The predicted molar refractivity (Wildman–Crippen MR) is 263 cm³/mol. The first-order chi connectivity index (χ1) is 26.8. The summed E-state index contributed by atoms with van der Waals surface area (Å²) in [6.07, 6.45) is 19.2. The topological polar surface area (TPSA) is 122 Å². The molecule has 7 N–H and O–H groups in total. The molecule has 1 aliphatic heterocycles. The second-order valence-corrected chi connectivity index (χ2v) is 18.2. The van der Waals surface area contributed by atoms with Crippen molar-refractivity contribution in [3.63, 3.8) is 0 Å². The van der Waals surface area contributed by atoms with Gasteiger partial charge in [0.2, 0.25) is 0 Å². The fourth-order valence-corrected chi connectivity index (χ4v) is 8.60. The molecule has 1 aromatic carbocycles. The number of pyridine rings is 1. The van der Waals surface area contributed by atoms with Gasteiger partial charge in [-0.25, -0.2) is 0 Å². The van der Waals surface area contributed by atoms with E-state index in [4.69, 9.17) is 37.8 Å². The van der Waals surface area contributed by atoms with Gasteiger partial charge in [0, 0.05) is 48.1 Å². The molecule has 56 heavy (non-hydrogen) atoms. The van der Waals surface area contributed by atoms with E-state index in [2.05, 4.69) is 106 Å². The van der Waals surface area contributed by atoms with Crippen molar-refractivity contribution >= 4 is 43.6 Å². The fraction of sp³-hybridized carbons (Fsp3) is 0.532. The second kappa shape index (κ2) is 35.1. The number of rotatable bonds is 12. The van der Waals surface area contributed by atoms with Crippen LogP contribution in [0.25, 0.3) is 0 Å². The summed E-state index contributed by atoms with van der Waals surface area (Å²) in [6, 6.07) is 7.09. The van der Waals surface area contributed by atoms with Crippen LogP contribution in [-0.2, 0) is 0 Å². The van der Waals surface area contributed by atoms with Crippen LogP contribution < -0.4 is 20.3 Å². The van der Waals surface area contributed by atoms with E-state index in [1.54, 1.807) is 12.3 Å². The van der Waals surface area contributed by atoms with Gasteiger partial charge in [0.25, 0.3) is 0 Å². The summed E-state index contributed by atoms with van der Waals surface area (Å²) in [5.41, 5.74) is 15.4. The minimum atomic E-state index is -1.22. The number of aryl methyl sites for hydroxylation is 3. The minimum absolute atomic E-state index is 0.281. The van der Waals surface area contributed by atoms with E-state index in [0.717, 1.165) is 65.0 Å². The third-order valence-corrected chi connectivity index (χ3v) is 11.8. The maximum atomic E-state index is 7.00. The van der Waals surface area contributed by atoms with Crippen LogP contribution in [0.3, 0.4) is 0 Å². The number of hydrogen-bond donors (Lipinski definition) is 5. The molecule has 9 heteroatoms. The molecule has 0 spiro atoms. The number of nitrogens with two attached hydrogens (primary N) is 2. The van der Waals surface area contributed by atoms with Crippen LogP contribution in [0.15, 0.2) is 72.5 Å². The Morgan fingerprint density at radius 1 is 1.16 bits per heavy atom. The Bertz CT molecular complexity index is 1480. The average molecular weight is 908 g/mol. The number of hydrogen-bond acceptors (Lipinski definition) is 7. The quantitative estimate of drug-likeness (QED) is 0.0275. The summed E-state index contributed by atoms with van der Waals surface area (Å²) >= 11 is 4.78. The number of aromatic nitrogens is 1. The number of aliphatic imine (C=N–C) groups is 1. The van der Waals surface area contributed by atoms with E-state index in [9.17, 15) is 0 Å². The van der Waals surface area contributed by atoms with Gasteiger partial charge in [0.05, 0.1) is 6.04 Å². The first-order valence-electron chi connectivity index (χ1n) is 20.0. The number of aliphatic hydroxyl groups excluding tert-OH is 1. The van der Waals surface area contributed by atoms with Gasteiger partial charge in [-0.3, -0.25) is 4.99 Å². The van der Waals surface area contributed by atoms with E-state index >= 15 is 0 Å². The van der Waals surface area contributed by atoms with Crippen molar-refractivity contribution in [2.75, 3.05) is 35.3 Å². The number of nitrogens with zero attached hydrogens (tertiary/aromatic N) is 2. The van der Waals surface area contributed by atoms with Gasteiger partial charge in [-0.1, -0.05) is 69.8 Å². The zero-order valence-electron chi connectivity index (χ0n) is 37.4. The normalized spacial score (nSPS) is 16.4. The Balaban J connectivity index is -0.000000716. The van der Waals surface area contributed by atoms with E-state index < -0.39 is 20.1 Å². The molecule has 0 bridgehead atoms. The minimum Gasteiger partial charge on any atom is -0.400 e. The van der Waals surface area contributed by atoms with E-state index in [-0.39, 0.29) is 5.92 Å². The monoisotopic (exact) mass is 907 g/mol. The zero-order valence-corrected chi connectivity index (χ0v) is 40.3. The first kappa shape index (κ1) is 57.2. The molecule has 2 heterocycles. The average Bonchev–Trinajstić information content (AvgIpc) is 4.04. The van der Waals surface area contributed by atoms with E-state index in [0.29, 0.717) is 23.8 Å². The number of nitrogen functional groups attached to an aromatic ring is 1. The third kappa shape index (κ3) is 23.2. The maximum Gasteiger partial charge on any atom is 0.0501 e. The van der Waals surface area contributed by atoms with Gasteiger partial charge in [0.1, 0.15) is 0 Å². The molecule has 0 amide bonds. The Labute approximate surface area is 357 Å². The van der Waals surface area contributed by atoms with E-state index in [1.165, 1.54) is 35.2 Å². The number of anilines is 1. The smallest absolute Gasteiger partial charge is 0.0501 e. The van der Waals surface area contributed by atoms with Gasteiger partial charge >= 0.3 is 144 Å². The number of nitrogens with one attached hydrogen (secondary N) is 2. The first-order valence-corrected chi connectivity index (χ1v) is 25.3. The van der Waals surface area contributed by atoms with Crippen molar-refractivity contribution in [2.24, 2.45) is 20.8 Å². The molecule has 1 saturated carbocycles. The predicted octanol–water partition coefficient (Wildman–Crippen LogP) is 11.5. The van der Waals surface area contributed by atoms with Crippen LogP contribution >= 0.6 is 31.7 Å². The number of allylic oxidation sites excluding steroid dienone is 3. The number of alkyl halides is 2. The van der Waals surface area contributed by atoms with Crippen molar-refractivity contribution in [1.29, 1.82) is 0 Å². The van der Waals surface area contributed by atoms with Crippen LogP contribution in [0.5, 0.6) is 0 Å². The molecular weight excluding hydrogens is 827 g/mol. The summed E-state index contributed by atoms with van der Waals surface area (Å²) in [7, 11) is 1.00. The molecule has 4 rings (SSSR count). The fourth-order valence-electron chi connectivity index (χ4n) is 5.69. The molecule has 2 aliphatic rings. The van der Waals surface area contributed by atoms with Crippen molar-refractivity contribution in [3.8, 4) is 12.3 Å². The molecule has 7 nitrogen and oxygen atoms in total. The van der Waals surface area contributed by atoms with Gasteiger partial charge in [0.15, 0.2) is 0 Å². The molecule has 4 unspecified atom stereocenters. The second-order valence-electron chi connectivity index (χ2n) is 13.2. The van der Waals surface area contributed by atoms with Crippen LogP contribution in [0.4, 0.5) is 5.69 Å². The summed E-state index contributed by atoms with van der Waals surface area (Å²) < 4.78 is 7.31. The third-order valence-electron chi connectivity index (χ3n) is 8.69. The van der Waals surface area contributed by atoms with Crippen LogP contribution in [0, 0.1) is 51.9 Å².